The third kappa shape index (κ3) is 10.00. The number of alkyl halides is 3. The molecular weight excluding hydrogens is 836 g/mol. The van der Waals surface area contributed by atoms with Crippen LogP contribution in [0.3, 0.4) is 0 Å². The molecule has 0 saturated carbocycles. The Balaban J connectivity index is 1.42. The van der Waals surface area contributed by atoms with E-state index in [-0.39, 0.29) is 41.3 Å². The van der Waals surface area contributed by atoms with E-state index in [0.29, 0.717) is 0 Å². The number of benzene rings is 5. The molecule has 0 amide bonds. The summed E-state index contributed by atoms with van der Waals surface area (Å²) in [5.41, 5.74) is -2.33. The summed E-state index contributed by atoms with van der Waals surface area (Å²) < 4.78 is 104. The molecular formula is C41H38F3IO8S. The first-order valence-corrected chi connectivity index (χ1v) is 19.6. The number of halogens is 4. The van der Waals surface area contributed by atoms with Crippen LogP contribution in [0.4, 0.5) is 13.2 Å². The van der Waals surface area contributed by atoms with Crippen molar-refractivity contribution in [2.75, 3.05) is 0 Å². The van der Waals surface area contributed by atoms with Gasteiger partial charge in [0.05, 0.1) is 29.5 Å². The second-order valence-corrected chi connectivity index (χ2v) is 15.2. The summed E-state index contributed by atoms with van der Waals surface area (Å²) in [4.78, 5) is 0. The molecule has 8 nitrogen and oxygen atoms in total. The van der Waals surface area contributed by atoms with Crippen molar-refractivity contribution in [3.63, 3.8) is 0 Å². The smallest absolute Gasteiger partial charge is 0.488 e. The maximum Gasteiger partial charge on any atom is 0.534 e. The molecule has 54 heavy (non-hydrogen) atoms. The molecule has 0 aromatic heterocycles. The molecule has 1 heterocycles. The topological polar surface area (TPSA) is 89.5 Å². The fraction of sp³-hybridized carbons (Fsp3) is 0.268. The summed E-state index contributed by atoms with van der Waals surface area (Å²) in [7, 11) is -6.13. The average Bonchev–Trinajstić information content (AvgIpc) is 3.17. The summed E-state index contributed by atoms with van der Waals surface area (Å²) >= 11 is 1.74. The van der Waals surface area contributed by atoms with Crippen LogP contribution in [-0.2, 0) is 55.5 Å². The Morgan fingerprint density at radius 3 is 1.50 bits per heavy atom. The molecule has 0 aliphatic carbocycles. The fourth-order valence-corrected chi connectivity index (χ4v) is 7.43. The molecule has 284 valence electrons. The number of hydrogen-bond acceptors (Lipinski definition) is 8. The SMILES string of the molecule is C[C@@H]1OC(c2ccc(OCc3ccccc3)c(I)c2OS(=O)(=O)C(F)(F)F)[C@@H](OCc2ccccc2)[C@H](OCc2ccccc2)[C@@H]1OCc1ccccc1. The van der Waals surface area contributed by atoms with Crippen molar-refractivity contribution in [3.8, 4) is 11.5 Å². The molecule has 5 atom stereocenters. The average molecular weight is 875 g/mol. The minimum absolute atomic E-state index is 0.000909. The Hall–Kier alpha value is -3.99. The lowest BCUT2D eigenvalue weighted by atomic mass is 9.90. The van der Waals surface area contributed by atoms with Crippen LogP contribution < -0.4 is 8.92 Å². The van der Waals surface area contributed by atoms with Crippen LogP contribution in [0, 0.1) is 3.57 Å². The fourth-order valence-electron chi connectivity index (χ4n) is 6.03. The van der Waals surface area contributed by atoms with Crippen LogP contribution in [0.15, 0.2) is 133 Å². The lowest BCUT2D eigenvalue weighted by Crippen LogP contribution is -2.56. The highest BCUT2D eigenvalue weighted by Crippen LogP contribution is 2.46. The van der Waals surface area contributed by atoms with Crippen LogP contribution in [0.1, 0.15) is 40.8 Å². The molecule has 0 spiro atoms. The molecule has 1 unspecified atom stereocenters. The molecule has 1 aliphatic rings. The Kier molecular flexibility index (Phi) is 13.3. The van der Waals surface area contributed by atoms with Gasteiger partial charge in [-0.05, 0) is 63.9 Å². The van der Waals surface area contributed by atoms with Gasteiger partial charge in [0.2, 0.25) is 0 Å². The van der Waals surface area contributed by atoms with Crippen LogP contribution in [0.5, 0.6) is 11.5 Å². The predicted octanol–water partition coefficient (Wildman–Crippen LogP) is 9.31. The Morgan fingerprint density at radius 1 is 0.611 bits per heavy atom. The zero-order chi connectivity index (χ0) is 38.1. The third-order valence-corrected chi connectivity index (χ3v) is 10.7. The van der Waals surface area contributed by atoms with Gasteiger partial charge in [-0.1, -0.05) is 121 Å². The van der Waals surface area contributed by atoms with Crippen LogP contribution in [0.25, 0.3) is 0 Å². The van der Waals surface area contributed by atoms with E-state index >= 15 is 0 Å². The van der Waals surface area contributed by atoms with E-state index in [2.05, 4.69) is 0 Å². The normalized spacial score (nSPS) is 20.4. The van der Waals surface area contributed by atoms with Gasteiger partial charge < -0.3 is 27.9 Å². The van der Waals surface area contributed by atoms with Gasteiger partial charge in [-0.25, -0.2) is 0 Å². The quantitative estimate of drug-likeness (QED) is 0.0585. The van der Waals surface area contributed by atoms with Gasteiger partial charge in [0.1, 0.15) is 36.8 Å². The van der Waals surface area contributed by atoms with Gasteiger partial charge in [0, 0.05) is 5.56 Å². The summed E-state index contributed by atoms with van der Waals surface area (Å²) in [6.07, 6.45) is -4.51. The molecule has 5 aromatic carbocycles. The zero-order valence-corrected chi connectivity index (χ0v) is 32.1. The zero-order valence-electron chi connectivity index (χ0n) is 29.1. The van der Waals surface area contributed by atoms with E-state index in [9.17, 15) is 21.6 Å². The molecule has 1 aliphatic heterocycles. The van der Waals surface area contributed by atoms with Gasteiger partial charge in [-0.15, -0.1) is 0 Å². The van der Waals surface area contributed by atoms with Gasteiger partial charge in [0.25, 0.3) is 0 Å². The molecule has 5 aromatic rings. The molecule has 13 heteroatoms. The lowest BCUT2D eigenvalue weighted by molar-refractivity contribution is -0.264. The molecule has 0 N–H and O–H groups in total. The minimum atomic E-state index is -6.13. The van der Waals surface area contributed by atoms with Gasteiger partial charge in [-0.2, -0.15) is 21.6 Å². The highest BCUT2D eigenvalue weighted by molar-refractivity contribution is 14.1. The highest BCUT2D eigenvalue weighted by Gasteiger charge is 2.52. The second-order valence-electron chi connectivity index (χ2n) is 12.6. The first-order valence-electron chi connectivity index (χ1n) is 17.1. The van der Waals surface area contributed by atoms with Crippen molar-refractivity contribution in [1.29, 1.82) is 0 Å². The first-order chi connectivity index (χ1) is 26.0. The predicted molar refractivity (Wildman–Crippen MR) is 204 cm³/mol. The van der Waals surface area contributed by atoms with Crippen molar-refractivity contribution in [1.82, 2.24) is 0 Å². The molecule has 1 saturated heterocycles. The standard InChI is InChI=1S/C41H38F3IO8S/c1-28-36(49-25-30-16-8-3-9-17-30)39(50-26-31-18-10-4-11-19-31)40(51-27-32-20-12-5-13-21-32)38(52-28)33-22-23-34(48-24-29-14-6-2-7-15-29)35(45)37(33)53-54(46,47)41(42,43)44/h2-23,28,36,38-40H,24-27H2,1H3/t28-,36+,38?,39+,40+/m0/s1. The summed E-state index contributed by atoms with van der Waals surface area (Å²) in [6.45, 7) is 2.27. The van der Waals surface area contributed by atoms with E-state index in [0.717, 1.165) is 22.3 Å². The van der Waals surface area contributed by atoms with Crippen molar-refractivity contribution in [3.05, 3.63) is 165 Å². The Bertz CT molecular complexity index is 2040. The molecule has 0 radical (unpaired) electrons. The summed E-state index contributed by atoms with van der Waals surface area (Å²) in [6, 6.07) is 40.5. The number of hydrogen-bond donors (Lipinski definition) is 0. The maximum absolute atomic E-state index is 13.9. The minimum Gasteiger partial charge on any atom is -0.488 e. The largest absolute Gasteiger partial charge is 0.534 e. The van der Waals surface area contributed by atoms with Gasteiger partial charge in [-0.3, -0.25) is 0 Å². The van der Waals surface area contributed by atoms with E-state index in [4.69, 9.17) is 27.9 Å². The van der Waals surface area contributed by atoms with Gasteiger partial charge >= 0.3 is 15.6 Å². The van der Waals surface area contributed by atoms with Crippen molar-refractivity contribution in [2.45, 2.75) is 69.4 Å². The van der Waals surface area contributed by atoms with E-state index in [1.54, 1.807) is 35.6 Å². The molecule has 0 bridgehead atoms. The number of rotatable bonds is 15. The maximum atomic E-state index is 13.9. The van der Waals surface area contributed by atoms with Crippen LogP contribution >= 0.6 is 22.6 Å². The third-order valence-electron chi connectivity index (χ3n) is 8.74. The summed E-state index contributed by atoms with van der Waals surface area (Å²) in [5.74, 6) is -0.475. The molecule has 1 fully saturated rings. The van der Waals surface area contributed by atoms with Crippen molar-refractivity contribution < 1.29 is 49.5 Å². The van der Waals surface area contributed by atoms with Crippen LogP contribution in [-0.4, -0.2) is 38.3 Å². The monoisotopic (exact) mass is 874 g/mol. The van der Waals surface area contributed by atoms with Crippen LogP contribution in [0.2, 0.25) is 0 Å². The van der Waals surface area contributed by atoms with E-state index in [1.165, 1.54) is 6.07 Å². The Morgan fingerprint density at radius 2 is 1.04 bits per heavy atom. The molecule has 6 rings (SSSR count). The second kappa shape index (κ2) is 18.1. The number of ether oxygens (including phenoxy) is 5. The highest BCUT2D eigenvalue weighted by atomic mass is 127. The lowest BCUT2D eigenvalue weighted by Gasteiger charge is -2.46. The van der Waals surface area contributed by atoms with Crippen molar-refractivity contribution in [2.24, 2.45) is 0 Å². The first kappa shape index (κ1) is 39.7. The Labute approximate surface area is 326 Å². The van der Waals surface area contributed by atoms with E-state index in [1.807, 2.05) is 121 Å². The van der Waals surface area contributed by atoms with Gasteiger partial charge in [0.15, 0.2) is 5.75 Å². The summed E-state index contributed by atoms with van der Waals surface area (Å²) in [5, 5.41) is 0. The van der Waals surface area contributed by atoms with E-state index < -0.39 is 51.9 Å². The van der Waals surface area contributed by atoms with Crippen molar-refractivity contribution >= 4 is 32.7 Å².